The van der Waals surface area contributed by atoms with Gasteiger partial charge in [-0.05, 0) is 61.6 Å². The summed E-state index contributed by atoms with van der Waals surface area (Å²) in [7, 11) is 0. The van der Waals surface area contributed by atoms with E-state index in [2.05, 4.69) is 11.4 Å². The largest absolute Gasteiger partial charge is 0.336 e. The summed E-state index contributed by atoms with van der Waals surface area (Å²) in [5.41, 5.74) is 2.08. The molecule has 1 aliphatic carbocycles. The number of amides is 3. The lowest BCUT2D eigenvalue weighted by Crippen LogP contribution is -2.48. The van der Waals surface area contributed by atoms with Crippen LogP contribution in [0.15, 0.2) is 24.3 Å². The molecule has 1 unspecified atom stereocenters. The molecule has 2 saturated heterocycles. The van der Waals surface area contributed by atoms with Crippen molar-refractivity contribution in [2.24, 2.45) is 5.41 Å². The lowest BCUT2D eigenvalue weighted by atomic mass is 9.79. The van der Waals surface area contributed by atoms with E-state index in [0.717, 1.165) is 31.5 Å². The molecule has 3 aliphatic rings. The summed E-state index contributed by atoms with van der Waals surface area (Å²) in [5, 5.41) is 11.9. The van der Waals surface area contributed by atoms with Crippen LogP contribution in [0.25, 0.3) is 0 Å². The van der Waals surface area contributed by atoms with Crippen LogP contribution >= 0.6 is 0 Å². The Morgan fingerprint density at radius 2 is 1.79 bits per heavy atom. The molecule has 6 heteroatoms. The molecule has 1 aromatic carbocycles. The number of nitrogens with zero attached hydrogens (tertiary/aromatic N) is 3. The van der Waals surface area contributed by atoms with Gasteiger partial charge in [0.2, 0.25) is 5.91 Å². The molecule has 1 spiro atoms. The van der Waals surface area contributed by atoms with Crippen LogP contribution in [0.4, 0.5) is 4.79 Å². The molecule has 2 aliphatic heterocycles. The molecular weight excluding hydrogens is 364 g/mol. The molecule has 154 valence electrons. The van der Waals surface area contributed by atoms with Gasteiger partial charge in [0.25, 0.3) is 0 Å². The Morgan fingerprint density at radius 1 is 1.07 bits per heavy atom. The Kier molecular flexibility index (Phi) is 5.75. The number of benzene rings is 1. The maximum atomic E-state index is 12.8. The van der Waals surface area contributed by atoms with Crippen LogP contribution in [0.2, 0.25) is 0 Å². The number of likely N-dealkylation sites (tertiary alicyclic amines) is 2. The number of nitriles is 1. The van der Waals surface area contributed by atoms with E-state index >= 15 is 0 Å². The molecule has 0 bridgehead atoms. The smallest absolute Gasteiger partial charge is 0.318 e. The van der Waals surface area contributed by atoms with Gasteiger partial charge >= 0.3 is 6.03 Å². The van der Waals surface area contributed by atoms with E-state index in [0.29, 0.717) is 30.5 Å². The van der Waals surface area contributed by atoms with Crippen molar-refractivity contribution >= 4 is 11.9 Å². The van der Waals surface area contributed by atoms with Gasteiger partial charge in [0.05, 0.1) is 11.6 Å². The minimum absolute atomic E-state index is 0.00945. The highest BCUT2D eigenvalue weighted by molar-refractivity contribution is 5.88. The predicted octanol–water partition coefficient (Wildman–Crippen LogP) is 3.42. The molecule has 3 fully saturated rings. The topological polar surface area (TPSA) is 76.4 Å². The highest BCUT2D eigenvalue weighted by Crippen LogP contribution is 2.46. The lowest BCUT2D eigenvalue weighted by molar-refractivity contribution is -0.129. The molecule has 1 aromatic rings. The molecule has 3 amide bonds. The normalized spacial score (nSPS) is 23.8. The quantitative estimate of drug-likeness (QED) is 0.853. The fourth-order valence-corrected chi connectivity index (χ4v) is 5.26. The Balaban J connectivity index is 1.29. The van der Waals surface area contributed by atoms with Crippen LogP contribution in [-0.2, 0) is 11.3 Å². The number of hydrogen-bond acceptors (Lipinski definition) is 3. The Bertz CT molecular complexity index is 792. The molecule has 1 saturated carbocycles. The average molecular weight is 395 g/mol. The first-order chi connectivity index (χ1) is 14.1. The number of carbonyl (C=O) groups is 2. The zero-order valence-electron chi connectivity index (χ0n) is 17.0. The predicted molar refractivity (Wildman–Crippen MR) is 110 cm³/mol. The first-order valence-electron chi connectivity index (χ1n) is 10.9. The number of rotatable bonds is 3. The van der Waals surface area contributed by atoms with Gasteiger partial charge in [0.1, 0.15) is 6.04 Å². The maximum absolute atomic E-state index is 12.8. The van der Waals surface area contributed by atoms with E-state index in [4.69, 9.17) is 5.26 Å². The maximum Gasteiger partial charge on any atom is 0.318 e. The van der Waals surface area contributed by atoms with Gasteiger partial charge in [0.15, 0.2) is 0 Å². The van der Waals surface area contributed by atoms with E-state index in [-0.39, 0.29) is 11.9 Å². The van der Waals surface area contributed by atoms with E-state index in [9.17, 15) is 9.59 Å². The minimum Gasteiger partial charge on any atom is -0.336 e. The van der Waals surface area contributed by atoms with Crippen LogP contribution in [-0.4, -0.2) is 47.4 Å². The van der Waals surface area contributed by atoms with Crippen molar-refractivity contribution in [2.45, 2.75) is 64.0 Å². The van der Waals surface area contributed by atoms with Crippen molar-refractivity contribution in [3.8, 4) is 6.07 Å². The molecule has 29 heavy (non-hydrogen) atoms. The molecule has 2 heterocycles. The summed E-state index contributed by atoms with van der Waals surface area (Å²) in [6, 6.07) is 8.90. The summed E-state index contributed by atoms with van der Waals surface area (Å²) in [6.45, 7) is 2.77. The van der Waals surface area contributed by atoms with E-state index in [1.165, 1.54) is 32.1 Å². The second-order valence-electron chi connectivity index (χ2n) is 8.91. The van der Waals surface area contributed by atoms with Crippen LogP contribution < -0.4 is 5.32 Å². The Morgan fingerprint density at radius 3 is 2.52 bits per heavy atom. The van der Waals surface area contributed by atoms with Crippen molar-refractivity contribution in [3.05, 3.63) is 35.4 Å². The summed E-state index contributed by atoms with van der Waals surface area (Å²) in [5.74, 6) is -0.00945. The molecule has 0 aromatic heterocycles. The third-order valence-electron chi connectivity index (χ3n) is 7.05. The van der Waals surface area contributed by atoms with Crippen LogP contribution in [0.1, 0.15) is 62.5 Å². The number of hydrogen-bond donors (Lipinski definition) is 1. The highest BCUT2D eigenvalue weighted by Gasteiger charge is 2.37. The summed E-state index contributed by atoms with van der Waals surface area (Å²) in [4.78, 5) is 29.3. The molecule has 1 N–H and O–H groups in total. The van der Waals surface area contributed by atoms with Crippen molar-refractivity contribution in [3.63, 3.8) is 0 Å². The standard InChI is InChI=1S/C23H30N4O2/c24-16-18-4-6-19(7-5-18)17-27-14-8-20(21(27)28)25-22(29)26-13-3-11-23(12-15-26)9-1-2-10-23/h4-7,20H,1-3,8-15,17H2,(H,25,29). The molecule has 6 nitrogen and oxygen atoms in total. The monoisotopic (exact) mass is 394 g/mol. The highest BCUT2D eigenvalue weighted by atomic mass is 16.2. The SMILES string of the molecule is N#Cc1ccc(CN2CCC(NC(=O)N3CCCC4(CCCC4)CC3)C2=O)cc1. The molecular formula is C23H30N4O2. The Labute approximate surface area is 172 Å². The lowest BCUT2D eigenvalue weighted by Gasteiger charge is -2.27. The third kappa shape index (κ3) is 4.39. The van der Waals surface area contributed by atoms with Gasteiger partial charge in [-0.3, -0.25) is 4.79 Å². The van der Waals surface area contributed by atoms with Gasteiger partial charge in [-0.2, -0.15) is 5.26 Å². The molecule has 1 atom stereocenters. The fourth-order valence-electron chi connectivity index (χ4n) is 5.26. The van der Waals surface area contributed by atoms with Crippen molar-refractivity contribution in [1.29, 1.82) is 5.26 Å². The second-order valence-corrected chi connectivity index (χ2v) is 8.91. The fraction of sp³-hybridized carbons (Fsp3) is 0.609. The van der Waals surface area contributed by atoms with Crippen LogP contribution in [0, 0.1) is 16.7 Å². The summed E-state index contributed by atoms with van der Waals surface area (Å²) in [6.07, 6.45) is 9.34. The van der Waals surface area contributed by atoms with Gasteiger partial charge in [-0.25, -0.2) is 4.79 Å². The first-order valence-corrected chi connectivity index (χ1v) is 10.9. The average Bonchev–Trinajstić information content (AvgIpc) is 3.26. The van der Waals surface area contributed by atoms with E-state index in [1.54, 1.807) is 17.0 Å². The second kappa shape index (κ2) is 8.44. The summed E-state index contributed by atoms with van der Waals surface area (Å²) < 4.78 is 0. The van der Waals surface area contributed by atoms with Gasteiger partial charge in [0, 0.05) is 26.2 Å². The van der Waals surface area contributed by atoms with Gasteiger partial charge in [-0.1, -0.05) is 25.0 Å². The van der Waals surface area contributed by atoms with Crippen LogP contribution in [0.5, 0.6) is 0 Å². The van der Waals surface area contributed by atoms with Crippen molar-refractivity contribution < 1.29 is 9.59 Å². The van der Waals surface area contributed by atoms with E-state index in [1.807, 2.05) is 17.0 Å². The Hall–Kier alpha value is -2.55. The van der Waals surface area contributed by atoms with Crippen molar-refractivity contribution in [2.75, 3.05) is 19.6 Å². The number of nitrogens with one attached hydrogen (secondary N) is 1. The third-order valence-corrected chi connectivity index (χ3v) is 7.05. The van der Waals surface area contributed by atoms with Crippen molar-refractivity contribution in [1.82, 2.24) is 15.1 Å². The summed E-state index contributed by atoms with van der Waals surface area (Å²) >= 11 is 0. The van der Waals surface area contributed by atoms with Gasteiger partial charge < -0.3 is 15.1 Å². The number of urea groups is 1. The first kappa shape index (κ1) is 19.8. The molecule has 0 radical (unpaired) electrons. The zero-order valence-corrected chi connectivity index (χ0v) is 17.0. The zero-order chi connectivity index (χ0) is 20.3. The minimum atomic E-state index is -0.426. The molecule has 4 rings (SSSR count). The number of carbonyl (C=O) groups excluding carboxylic acids is 2. The van der Waals surface area contributed by atoms with Gasteiger partial charge in [-0.15, -0.1) is 0 Å². The van der Waals surface area contributed by atoms with E-state index < -0.39 is 6.04 Å². The van der Waals surface area contributed by atoms with Crippen LogP contribution in [0.3, 0.4) is 0 Å².